The Morgan fingerprint density at radius 2 is 1.25 bits per heavy atom. The molecule has 0 amide bonds. The van der Waals surface area contributed by atoms with E-state index in [9.17, 15) is 30.0 Å². The van der Waals surface area contributed by atoms with Crippen molar-refractivity contribution in [2.24, 2.45) is 0 Å². The van der Waals surface area contributed by atoms with E-state index in [0.717, 1.165) is 0 Å². The van der Waals surface area contributed by atoms with Crippen LogP contribution in [0.2, 0.25) is 0 Å². The van der Waals surface area contributed by atoms with E-state index in [1.807, 2.05) is 0 Å². The number of hydrogen-bond donors (Lipinski definition) is 5. The monoisotopic (exact) mass is 390 g/mol. The molecule has 5 unspecified atom stereocenters. The number of carbonyl (C=O) groups is 2. The van der Waals surface area contributed by atoms with E-state index in [1.54, 1.807) is 36.4 Å². The van der Waals surface area contributed by atoms with Gasteiger partial charge in [0.1, 0.15) is 24.4 Å². The third kappa shape index (κ3) is 5.22. The van der Waals surface area contributed by atoms with Crippen LogP contribution in [0.1, 0.15) is 20.7 Å². The Morgan fingerprint density at radius 3 is 1.75 bits per heavy atom. The highest BCUT2D eigenvalue weighted by molar-refractivity contribution is 6.02. The van der Waals surface area contributed by atoms with E-state index in [4.69, 9.17) is 9.84 Å². The summed E-state index contributed by atoms with van der Waals surface area (Å²) in [5.41, 5.74) is 0.225. The summed E-state index contributed by atoms with van der Waals surface area (Å²) in [6.45, 7) is -0.883. The lowest BCUT2D eigenvalue weighted by Gasteiger charge is -2.30. The number of ether oxygens (including phenoxy) is 1. The Balaban J connectivity index is 2.30. The van der Waals surface area contributed by atoms with Crippen LogP contribution < -0.4 is 0 Å². The number of Topliss-reactive ketones (excluding diaryl/α,β-unsaturated/α-hetero) is 1. The molecule has 0 spiro atoms. The van der Waals surface area contributed by atoms with Crippen molar-refractivity contribution in [1.82, 2.24) is 0 Å². The zero-order valence-corrected chi connectivity index (χ0v) is 14.8. The summed E-state index contributed by atoms with van der Waals surface area (Å²) in [5.74, 6) is -1.72. The molecule has 0 aliphatic heterocycles. The van der Waals surface area contributed by atoms with Gasteiger partial charge in [-0.2, -0.15) is 0 Å². The van der Waals surface area contributed by atoms with Crippen LogP contribution in [0.3, 0.4) is 0 Å². The van der Waals surface area contributed by atoms with Gasteiger partial charge in [0.25, 0.3) is 0 Å². The number of aliphatic hydroxyl groups is 5. The topological polar surface area (TPSA) is 145 Å². The molecule has 8 heteroatoms. The number of hydrogen-bond acceptors (Lipinski definition) is 8. The number of carbonyl (C=O) groups excluding carboxylic acids is 2. The van der Waals surface area contributed by atoms with Gasteiger partial charge in [-0.1, -0.05) is 48.5 Å². The van der Waals surface area contributed by atoms with Gasteiger partial charge in [0.15, 0.2) is 6.10 Å². The summed E-state index contributed by atoms with van der Waals surface area (Å²) in [4.78, 5) is 25.1. The molecular formula is C20H22O8. The number of esters is 1. The Labute approximate surface area is 161 Å². The number of ketones is 1. The standard InChI is InChI=1S/C20H22O8/c21-11-14(22)16(24)17(25)18(26)19(15(23)12-7-3-1-4-8-12)28-20(27)13-9-5-2-6-10-13/h1-10,14,16-19,21-22,24-26H,11H2. The molecule has 0 saturated heterocycles. The molecule has 5 atom stereocenters. The maximum atomic E-state index is 12.8. The van der Waals surface area contributed by atoms with Gasteiger partial charge in [-0.15, -0.1) is 0 Å². The summed E-state index contributed by atoms with van der Waals surface area (Å²) in [5, 5.41) is 48.8. The molecule has 0 aliphatic carbocycles. The maximum Gasteiger partial charge on any atom is 0.338 e. The molecule has 0 heterocycles. The largest absolute Gasteiger partial charge is 0.447 e. The normalized spacial score (nSPS) is 16.5. The number of aliphatic hydroxyl groups excluding tert-OH is 5. The van der Waals surface area contributed by atoms with Crippen molar-refractivity contribution < 1.29 is 39.9 Å². The van der Waals surface area contributed by atoms with Gasteiger partial charge < -0.3 is 30.3 Å². The Morgan fingerprint density at radius 1 is 0.750 bits per heavy atom. The van der Waals surface area contributed by atoms with E-state index in [2.05, 4.69) is 0 Å². The van der Waals surface area contributed by atoms with Gasteiger partial charge >= 0.3 is 5.97 Å². The van der Waals surface area contributed by atoms with Crippen molar-refractivity contribution in [2.75, 3.05) is 6.61 Å². The molecule has 28 heavy (non-hydrogen) atoms. The number of benzene rings is 2. The molecule has 2 rings (SSSR count). The van der Waals surface area contributed by atoms with Gasteiger partial charge in [0, 0.05) is 5.56 Å². The fourth-order valence-electron chi connectivity index (χ4n) is 2.52. The quantitative estimate of drug-likeness (QED) is 0.285. The highest BCUT2D eigenvalue weighted by Crippen LogP contribution is 2.17. The lowest BCUT2D eigenvalue weighted by atomic mass is 9.94. The van der Waals surface area contributed by atoms with Crippen molar-refractivity contribution >= 4 is 11.8 Å². The van der Waals surface area contributed by atoms with Crippen LogP contribution in [0, 0.1) is 0 Å². The predicted molar refractivity (Wildman–Crippen MR) is 97.5 cm³/mol. The van der Waals surface area contributed by atoms with E-state index in [1.165, 1.54) is 24.3 Å². The van der Waals surface area contributed by atoms with Crippen LogP contribution in [-0.2, 0) is 4.74 Å². The van der Waals surface area contributed by atoms with Crippen molar-refractivity contribution in [2.45, 2.75) is 30.5 Å². The zero-order chi connectivity index (χ0) is 20.7. The highest BCUT2D eigenvalue weighted by Gasteiger charge is 2.40. The van der Waals surface area contributed by atoms with Crippen LogP contribution in [0.25, 0.3) is 0 Å². The Kier molecular flexibility index (Phi) is 7.80. The van der Waals surface area contributed by atoms with Gasteiger partial charge in [0.05, 0.1) is 12.2 Å². The Bertz CT molecular complexity index is 764. The van der Waals surface area contributed by atoms with Gasteiger partial charge in [0.2, 0.25) is 5.78 Å². The fourth-order valence-corrected chi connectivity index (χ4v) is 2.52. The molecule has 5 N–H and O–H groups in total. The molecule has 8 nitrogen and oxygen atoms in total. The second-order valence-corrected chi connectivity index (χ2v) is 6.14. The van der Waals surface area contributed by atoms with Crippen molar-refractivity contribution in [3.05, 3.63) is 71.8 Å². The van der Waals surface area contributed by atoms with Gasteiger partial charge in [-0.05, 0) is 12.1 Å². The molecule has 0 saturated carbocycles. The predicted octanol–water partition coefficient (Wildman–Crippen LogP) is -0.469. The van der Waals surface area contributed by atoms with Crippen LogP contribution >= 0.6 is 0 Å². The lowest BCUT2D eigenvalue weighted by molar-refractivity contribution is -0.134. The zero-order valence-electron chi connectivity index (χ0n) is 14.8. The minimum absolute atomic E-state index is 0.108. The van der Waals surface area contributed by atoms with Crippen molar-refractivity contribution in [3.63, 3.8) is 0 Å². The summed E-state index contributed by atoms with van der Waals surface area (Å²) in [6, 6.07) is 15.4. The number of rotatable bonds is 9. The van der Waals surface area contributed by atoms with Crippen LogP contribution in [0.5, 0.6) is 0 Å². The first-order chi connectivity index (χ1) is 13.4. The average Bonchev–Trinajstić information content (AvgIpc) is 2.75. The molecule has 150 valence electrons. The smallest absolute Gasteiger partial charge is 0.338 e. The van der Waals surface area contributed by atoms with Gasteiger partial charge in [-0.3, -0.25) is 4.79 Å². The molecule has 0 aliphatic rings. The molecule has 0 fully saturated rings. The molecule has 0 bridgehead atoms. The van der Waals surface area contributed by atoms with E-state index >= 15 is 0 Å². The van der Waals surface area contributed by atoms with Crippen molar-refractivity contribution in [1.29, 1.82) is 0 Å². The van der Waals surface area contributed by atoms with Crippen LogP contribution in [-0.4, -0.2) is 74.4 Å². The molecule has 2 aromatic rings. The maximum absolute atomic E-state index is 12.8. The first-order valence-electron chi connectivity index (χ1n) is 8.55. The third-order valence-corrected chi connectivity index (χ3v) is 4.15. The Hall–Kier alpha value is -2.62. The highest BCUT2D eigenvalue weighted by atomic mass is 16.6. The van der Waals surface area contributed by atoms with E-state index in [0.29, 0.717) is 0 Å². The first kappa shape index (κ1) is 21.7. The fraction of sp³-hybridized carbons (Fsp3) is 0.300. The second kappa shape index (κ2) is 10.1. The van der Waals surface area contributed by atoms with E-state index in [-0.39, 0.29) is 11.1 Å². The van der Waals surface area contributed by atoms with Gasteiger partial charge in [-0.25, -0.2) is 4.79 Å². The molecule has 0 aromatic heterocycles. The molecule has 0 radical (unpaired) electrons. The minimum Gasteiger partial charge on any atom is -0.447 e. The molecule has 2 aromatic carbocycles. The summed E-state index contributed by atoms with van der Waals surface area (Å²) in [6.07, 6.45) is -9.71. The van der Waals surface area contributed by atoms with Crippen molar-refractivity contribution in [3.8, 4) is 0 Å². The molecular weight excluding hydrogens is 368 g/mol. The summed E-state index contributed by atoms with van der Waals surface area (Å²) >= 11 is 0. The van der Waals surface area contributed by atoms with E-state index < -0.39 is 48.9 Å². The van der Waals surface area contributed by atoms with Crippen LogP contribution in [0.15, 0.2) is 60.7 Å². The van der Waals surface area contributed by atoms with Crippen LogP contribution in [0.4, 0.5) is 0 Å². The average molecular weight is 390 g/mol. The second-order valence-electron chi connectivity index (χ2n) is 6.14. The third-order valence-electron chi connectivity index (χ3n) is 4.15. The summed E-state index contributed by atoms with van der Waals surface area (Å²) < 4.78 is 5.15. The summed E-state index contributed by atoms with van der Waals surface area (Å²) in [7, 11) is 0. The lowest BCUT2D eigenvalue weighted by Crippen LogP contribution is -2.53. The first-order valence-corrected chi connectivity index (χ1v) is 8.55. The minimum atomic E-state index is -2.07. The SMILES string of the molecule is O=C(OC(C(=O)c1ccccc1)C(O)C(O)C(O)C(O)CO)c1ccccc1.